The lowest BCUT2D eigenvalue weighted by atomic mass is 9.99. The molecule has 5 amide bonds. The van der Waals surface area contributed by atoms with E-state index in [1.165, 1.54) is 16.8 Å². The number of carbonyl (C=O) groups excluding carboxylic acids is 5. The first kappa shape index (κ1) is 33.3. The van der Waals surface area contributed by atoms with E-state index in [-0.39, 0.29) is 43.4 Å². The molecule has 0 aromatic heterocycles. The van der Waals surface area contributed by atoms with Crippen LogP contribution in [0.1, 0.15) is 50.2 Å². The van der Waals surface area contributed by atoms with Crippen molar-refractivity contribution >= 4 is 29.5 Å². The van der Waals surface area contributed by atoms with Gasteiger partial charge in [-0.2, -0.15) is 0 Å². The van der Waals surface area contributed by atoms with Crippen LogP contribution >= 0.6 is 0 Å². The predicted octanol–water partition coefficient (Wildman–Crippen LogP) is 2.17. The molecule has 2 aromatic rings. The highest BCUT2D eigenvalue weighted by atomic mass is 16.2. The van der Waals surface area contributed by atoms with Crippen LogP contribution in [0.3, 0.4) is 0 Å². The van der Waals surface area contributed by atoms with Crippen molar-refractivity contribution < 1.29 is 24.0 Å². The van der Waals surface area contributed by atoms with Crippen molar-refractivity contribution in [3.63, 3.8) is 0 Å². The maximum absolute atomic E-state index is 14.2. The van der Waals surface area contributed by atoms with Crippen molar-refractivity contribution in [2.75, 3.05) is 34.2 Å². The van der Waals surface area contributed by atoms with Crippen LogP contribution in [0.4, 0.5) is 0 Å². The molecule has 10 nitrogen and oxygen atoms in total. The molecule has 1 saturated heterocycles. The van der Waals surface area contributed by atoms with Gasteiger partial charge in [0.2, 0.25) is 29.5 Å². The van der Waals surface area contributed by atoms with Crippen LogP contribution in [0.15, 0.2) is 60.7 Å². The van der Waals surface area contributed by atoms with Crippen LogP contribution in [0.5, 0.6) is 0 Å². The molecule has 0 unspecified atom stereocenters. The summed E-state index contributed by atoms with van der Waals surface area (Å²) in [7, 11) is 4.62. The summed E-state index contributed by atoms with van der Waals surface area (Å²) in [6.07, 6.45) is 3.38. The highest BCUT2D eigenvalue weighted by Crippen LogP contribution is 2.17. The standard InChI is InChI=1S/C33H45N5O5/c1-24(32(42)38-20-12-7-13-21-38)35-31(41)27(22-25-14-8-5-9-15-25)37(4)33(43)28(23-26-16-10-6-11-17-26)36(3)30(40)19-18-29(39)34-2/h5-6,8-11,14-17,24,27-28H,7,12-13,18-23H2,1-4H3,(H,34,39)(H,35,41)/t24-,27-,28-/m0/s1. The average molecular weight is 592 g/mol. The molecule has 0 radical (unpaired) electrons. The van der Waals surface area contributed by atoms with Crippen LogP contribution in [0.2, 0.25) is 0 Å². The number of hydrogen-bond donors (Lipinski definition) is 2. The minimum Gasteiger partial charge on any atom is -0.359 e. The molecule has 0 bridgehead atoms. The Bertz CT molecular complexity index is 1230. The van der Waals surface area contributed by atoms with Crippen molar-refractivity contribution in [2.45, 2.75) is 70.0 Å². The van der Waals surface area contributed by atoms with Crippen molar-refractivity contribution in [2.24, 2.45) is 0 Å². The molecule has 0 saturated carbocycles. The Labute approximate surface area is 254 Å². The number of piperidine rings is 1. The number of carbonyl (C=O) groups is 5. The Hall–Kier alpha value is -4.21. The summed E-state index contributed by atoms with van der Waals surface area (Å²) in [5.74, 6) is -1.60. The monoisotopic (exact) mass is 591 g/mol. The third kappa shape index (κ3) is 9.66. The van der Waals surface area contributed by atoms with Crippen LogP contribution in [-0.2, 0) is 36.8 Å². The van der Waals surface area contributed by atoms with Crippen LogP contribution in [0.25, 0.3) is 0 Å². The predicted molar refractivity (Wildman–Crippen MR) is 165 cm³/mol. The minimum atomic E-state index is -0.931. The highest BCUT2D eigenvalue weighted by Gasteiger charge is 2.36. The summed E-state index contributed by atoms with van der Waals surface area (Å²) >= 11 is 0. The second-order valence-electron chi connectivity index (χ2n) is 11.2. The topological polar surface area (TPSA) is 119 Å². The second kappa shape index (κ2) is 16.4. The summed E-state index contributed by atoms with van der Waals surface area (Å²) < 4.78 is 0. The first-order valence-electron chi connectivity index (χ1n) is 15.0. The van der Waals surface area contributed by atoms with Gasteiger partial charge in [0.25, 0.3) is 0 Å². The normalized spacial score (nSPS) is 15.0. The van der Waals surface area contributed by atoms with Crippen LogP contribution in [-0.4, -0.2) is 96.6 Å². The molecule has 2 N–H and O–H groups in total. The minimum absolute atomic E-state index is 0.00370. The molecular weight excluding hydrogens is 546 g/mol. The van der Waals surface area contributed by atoms with Crippen LogP contribution in [0, 0.1) is 0 Å². The third-order valence-electron chi connectivity index (χ3n) is 8.05. The maximum atomic E-state index is 14.2. The fourth-order valence-corrected chi connectivity index (χ4v) is 5.31. The molecule has 1 aliphatic heterocycles. The van der Waals surface area contributed by atoms with Gasteiger partial charge in [-0.15, -0.1) is 0 Å². The lowest BCUT2D eigenvalue weighted by Gasteiger charge is -2.35. The Kier molecular flexibility index (Phi) is 12.7. The first-order valence-corrected chi connectivity index (χ1v) is 15.0. The molecule has 0 spiro atoms. The highest BCUT2D eigenvalue weighted by molar-refractivity contribution is 5.94. The summed E-state index contributed by atoms with van der Waals surface area (Å²) in [6, 6.07) is 16.1. The molecule has 1 heterocycles. The molecule has 43 heavy (non-hydrogen) atoms. The zero-order chi connectivity index (χ0) is 31.4. The van der Waals surface area contributed by atoms with Gasteiger partial charge < -0.3 is 25.3 Å². The van der Waals surface area contributed by atoms with E-state index in [2.05, 4.69) is 10.6 Å². The number of nitrogens with zero attached hydrogens (tertiary/aromatic N) is 3. The van der Waals surface area contributed by atoms with E-state index >= 15 is 0 Å². The summed E-state index contributed by atoms with van der Waals surface area (Å²) in [6.45, 7) is 3.02. The van der Waals surface area contributed by atoms with Gasteiger partial charge in [-0.3, -0.25) is 24.0 Å². The number of likely N-dealkylation sites (tertiary alicyclic amines) is 1. The smallest absolute Gasteiger partial charge is 0.246 e. The van der Waals surface area contributed by atoms with E-state index in [1.807, 2.05) is 60.7 Å². The molecule has 0 aliphatic carbocycles. The van der Waals surface area contributed by atoms with E-state index < -0.39 is 29.9 Å². The van der Waals surface area contributed by atoms with Crippen LogP contribution < -0.4 is 10.6 Å². The molecule has 1 aliphatic rings. The van der Waals surface area contributed by atoms with Gasteiger partial charge in [-0.25, -0.2) is 0 Å². The van der Waals surface area contributed by atoms with Gasteiger partial charge in [0.1, 0.15) is 18.1 Å². The molecule has 232 valence electrons. The van der Waals surface area contributed by atoms with E-state index in [1.54, 1.807) is 25.9 Å². The zero-order valence-corrected chi connectivity index (χ0v) is 25.8. The molecule has 1 fully saturated rings. The zero-order valence-electron chi connectivity index (χ0n) is 25.8. The van der Waals surface area contributed by atoms with E-state index in [9.17, 15) is 24.0 Å². The SMILES string of the molecule is CNC(=O)CCC(=O)N(C)[C@@H](Cc1ccccc1)C(=O)N(C)[C@@H](Cc1ccccc1)C(=O)N[C@@H](C)C(=O)N1CCCCC1. The lowest BCUT2D eigenvalue weighted by molar-refractivity contribution is -0.148. The number of rotatable bonds is 13. The fraction of sp³-hybridized carbons (Fsp3) is 0.485. The van der Waals surface area contributed by atoms with E-state index in [0.717, 1.165) is 30.4 Å². The Balaban J connectivity index is 1.86. The molecule has 3 atom stereocenters. The van der Waals surface area contributed by atoms with Crippen molar-refractivity contribution in [1.29, 1.82) is 0 Å². The summed E-state index contributed by atoms with van der Waals surface area (Å²) in [4.78, 5) is 70.5. The second-order valence-corrected chi connectivity index (χ2v) is 11.2. The van der Waals surface area contributed by atoms with Crippen molar-refractivity contribution in [3.8, 4) is 0 Å². The molecular formula is C33H45N5O5. The number of nitrogens with one attached hydrogen (secondary N) is 2. The Morgan fingerprint density at radius 1 is 0.767 bits per heavy atom. The third-order valence-corrected chi connectivity index (χ3v) is 8.05. The first-order chi connectivity index (χ1) is 20.6. The van der Waals surface area contributed by atoms with E-state index in [4.69, 9.17) is 0 Å². The Morgan fingerprint density at radius 3 is 1.84 bits per heavy atom. The van der Waals surface area contributed by atoms with Gasteiger partial charge in [-0.05, 0) is 37.3 Å². The molecule has 2 aromatic carbocycles. The van der Waals surface area contributed by atoms with E-state index in [0.29, 0.717) is 13.1 Å². The maximum Gasteiger partial charge on any atom is 0.246 e. The van der Waals surface area contributed by atoms with Gasteiger partial charge in [0.05, 0.1) is 0 Å². The quantitative estimate of drug-likeness (QED) is 0.370. The fourth-order valence-electron chi connectivity index (χ4n) is 5.31. The lowest BCUT2D eigenvalue weighted by Crippen LogP contribution is -2.58. The molecule has 3 rings (SSSR count). The summed E-state index contributed by atoms with van der Waals surface area (Å²) in [5.41, 5.74) is 1.71. The number of benzene rings is 2. The van der Waals surface area contributed by atoms with Crippen molar-refractivity contribution in [3.05, 3.63) is 71.8 Å². The van der Waals surface area contributed by atoms with Gasteiger partial charge in [0.15, 0.2) is 0 Å². The van der Waals surface area contributed by atoms with Gasteiger partial charge >= 0.3 is 0 Å². The van der Waals surface area contributed by atoms with Crippen molar-refractivity contribution in [1.82, 2.24) is 25.3 Å². The van der Waals surface area contributed by atoms with Gasteiger partial charge in [0, 0.05) is 59.9 Å². The largest absolute Gasteiger partial charge is 0.359 e. The average Bonchev–Trinajstić information content (AvgIpc) is 3.04. The number of hydrogen-bond acceptors (Lipinski definition) is 5. The summed E-state index contributed by atoms with van der Waals surface area (Å²) in [5, 5.41) is 5.37. The number of likely N-dealkylation sites (N-methyl/N-ethyl adjacent to an activating group) is 2. The van der Waals surface area contributed by atoms with Gasteiger partial charge in [-0.1, -0.05) is 60.7 Å². The molecule has 10 heteroatoms. The number of amides is 5. The Morgan fingerprint density at radius 2 is 1.30 bits per heavy atom.